The Morgan fingerprint density at radius 3 is 2.73 bits per heavy atom. The van der Waals surface area contributed by atoms with Crippen molar-refractivity contribution < 1.29 is 0 Å². The zero-order valence-electron chi connectivity index (χ0n) is 6.82. The predicted molar refractivity (Wildman–Crippen MR) is 54.6 cm³/mol. The summed E-state index contributed by atoms with van der Waals surface area (Å²) in [6, 6.07) is 4.71. The van der Waals surface area contributed by atoms with E-state index in [1.54, 1.807) is 11.3 Å². The predicted octanol–water partition coefficient (Wildman–Crippen LogP) is 2.28. The van der Waals surface area contributed by atoms with Gasteiger partial charge in [0.25, 0.3) is 0 Å². The molecule has 0 aliphatic rings. The van der Waals surface area contributed by atoms with Crippen molar-refractivity contribution in [3.8, 4) is 0 Å². The van der Waals surface area contributed by atoms with Gasteiger partial charge in [0.2, 0.25) is 0 Å². The normalized spacial score (nSPS) is 13.8. The number of hydrogen-bond donors (Lipinski definition) is 1. The molecule has 62 valence electrons. The highest BCUT2D eigenvalue weighted by Gasteiger charge is 2.11. The minimum atomic E-state index is 0.471. The Morgan fingerprint density at radius 1 is 1.64 bits per heavy atom. The van der Waals surface area contributed by atoms with Crippen LogP contribution < -0.4 is 0 Å². The Hall–Kier alpha value is 0.01000. The van der Waals surface area contributed by atoms with Crippen molar-refractivity contribution in [1.29, 1.82) is 0 Å². The van der Waals surface area contributed by atoms with Crippen LogP contribution in [0.3, 0.4) is 0 Å². The summed E-state index contributed by atoms with van der Waals surface area (Å²) in [6.45, 7) is 0. The van der Waals surface area contributed by atoms with Gasteiger partial charge < -0.3 is 4.90 Å². The largest absolute Gasteiger partial charge is 0.301 e. The number of nitrogens with zero attached hydrogens (tertiary/aromatic N) is 1. The smallest absolute Gasteiger partial charge is 0.0524 e. The molecule has 3 heteroatoms. The van der Waals surface area contributed by atoms with E-state index in [1.807, 2.05) is 0 Å². The van der Waals surface area contributed by atoms with E-state index in [0.29, 0.717) is 6.04 Å². The molecule has 0 fully saturated rings. The van der Waals surface area contributed by atoms with E-state index in [2.05, 4.69) is 49.1 Å². The summed E-state index contributed by atoms with van der Waals surface area (Å²) in [5.41, 5.74) is 0. The van der Waals surface area contributed by atoms with Gasteiger partial charge in [0.05, 0.1) is 6.04 Å². The number of thiophene rings is 1. The number of rotatable bonds is 3. The summed E-state index contributed by atoms with van der Waals surface area (Å²) in [6.07, 6.45) is 0. The maximum Gasteiger partial charge on any atom is 0.0524 e. The quantitative estimate of drug-likeness (QED) is 0.711. The highest BCUT2D eigenvalue weighted by atomic mass is 32.1. The summed E-state index contributed by atoms with van der Waals surface area (Å²) in [7, 11) is 4.17. The van der Waals surface area contributed by atoms with Gasteiger partial charge in [-0.2, -0.15) is 12.6 Å². The summed E-state index contributed by atoms with van der Waals surface area (Å²) >= 11 is 6.10. The fourth-order valence-electron chi connectivity index (χ4n) is 0.989. The second-order valence-electron chi connectivity index (χ2n) is 2.68. The molecule has 0 spiro atoms. The molecule has 1 aromatic rings. The molecule has 0 aliphatic heterocycles. The van der Waals surface area contributed by atoms with Crippen LogP contribution in [-0.2, 0) is 0 Å². The lowest BCUT2D eigenvalue weighted by Gasteiger charge is -2.20. The van der Waals surface area contributed by atoms with Crippen LogP contribution in [0.4, 0.5) is 0 Å². The standard InChI is InChI=1S/C8H13NS2/c1-9(2)7(6-10)8-4-3-5-11-8/h3-5,7,10H,6H2,1-2H3. The van der Waals surface area contributed by atoms with E-state index in [0.717, 1.165) is 5.75 Å². The Labute approximate surface area is 77.4 Å². The van der Waals surface area contributed by atoms with Crippen molar-refractivity contribution in [3.63, 3.8) is 0 Å². The van der Waals surface area contributed by atoms with Crippen LogP contribution in [-0.4, -0.2) is 24.7 Å². The SMILES string of the molecule is CN(C)C(CS)c1cccs1. The molecule has 0 amide bonds. The third-order valence-corrected chi connectivity index (χ3v) is 2.99. The highest BCUT2D eigenvalue weighted by molar-refractivity contribution is 7.80. The van der Waals surface area contributed by atoms with E-state index in [1.165, 1.54) is 4.88 Å². The van der Waals surface area contributed by atoms with Gasteiger partial charge in [-0.3, -0.25) is 0 Å². The monoisotopic (exact) mass is 187 g/mol. The van der Waals surface area contributed by atoms with Crippen molar-refractivity contribution in [3.05, 3.63) is 22.4 Å². The van der Waals surface area contributed by atoms with Crippen LogP contribution in [0.5, 0.6) is 0 Å². The van der Waals surface area contributed by atoms with Crippen molar-refractivity contribution in [2.45, 2.75) is 6.04 Å². The third-order valence-electron chi connectivity index (χ3n) is 1.67. The summed E-state index contributed by atoms with van der Waals surface area (Å²) in [4.78, 5) is 3.59. The molecule has 0 aliphatic carbocycles. The molecule has 0 N–H and O–H groups in total. The van der Waals surface area contributed by atoms with E-state index in [9.17, 15) is 0 Å². The van der Waals surface area contributed by atoms with Crippen LogP contribution in [0.25, 0.3) is 0 Å². The molecule has 1 nitrogen and oxygen atoms in total. The van der Waals surface area contributed by atoms with Crippen LogP contribution in [0.2, 0.25) is 0 Å². The van der Waals surface area contributed by atoms with E-state index < -0.39 is 0 Å². The fraction of sp³-hybridized carbons (Fsp3) is 0.500. The minimum Gasteiger partial charge on any atom is -0.301 e. The molecule has 0 aromatic carbocycles. The van der Waals surface area contributed by atoms with Gasteiger partial charge in [0, 0.05) is 10.6 Å². The van der Waals surface area contributed by atoms with Crippen LogP contribution in [0.15, 0.2) is 17.5 Å². The molecule has 0 saturated carbocycles. The molecule has 11 heavy (non-hydrogen) atoms. The second kappa shape index (κ2) is 4.14. The molecule has 1 aromatic heterocycles. The zero-order chi connectivity index (χ0) is 8.27. The first kappa shape index (κ1) is 9.10. The number of thiol groups is 1. The molecule has 0 saturated heterocycles. The maximum atomic E-state index is 4.31. The molecule has 1 rings (SSSR count). The fourth-order valence-corrected chi connectivity index (χ4v) is 2.56. The van der Waals surface area contributed by atoms with Gasteiger partial charge >= 0.3 is 0 Å². The van der Waals surface area contributed by atoms with Gasteiger partial charge in [-0.05, 0) is 25.5 Å². The van der Waals surface area contributed by atoms with Gasteiger partial charge in [0.1, 0.15) is 0 Å². The second-order valence-corrected chi connectivity index (χ2v) is 4.02. The lowest BCUT2D eigenvalue weighted by atomic mass is 10.2. The van der Waals surface area contributed by atoms with E-state index >= 15 is 0 Å². The first-order valence-corrected chi connectivity index (χ1v) is 5.07. The lowest BCUT2D eigenvalue weighted by molar-refractivity contribution is 0.331. The molecular weight excluding hydrogens is 174 g/mol. The summed E-state index contributed by atoms with van der Waals surface area (Å²) in [5.74, 6) is 0.882. The average Bonchev–Trinajstić information content (AvgIpc) is 2.40. The first-order chi connectivity index (χ1) is 5.25. The molecule has 1 unspecified atom stereocenters. The Bertz CT molecular complexity index is 194. The Morgan fingerprint density at radius 2 is 2.36 bits per heavy atom. The molecule has 0 radical (unpaired) electrons. The highest BCUT2D eigenvalue weighted by Crippen LogP contribution is 2.23. The van der Waals surface area contributed by atoms with E-state index in [4.69, 9.17) is 0 Å². The van der Waals surface area contributed by atoms with Crippen LogP contribution in [0.1, 0.15) is 10.9 Å². The molecular formula is C8H13NS2. The van der Waals surface area contributed by atoms with Gasteiger partial charge in [-0.1, -0.05) is 6.07 Å². The summed E-state index contributed by atoms with van der Waals surface area (Å²) < 4.78 is 0. The molecule has 1 atom stereocenters. The van der Waals surface area contributed by atoms with Gasteiger partial charge in [-0.15, -0.1) is 11.3 Å². The number of hydrogen-bond acceptors (Lipinski definition) is 3. The topological polar surface area (TPSA) is 3.24 Å². The van der Waals surface area contributed by atoms with Gasteiger partial charge in [-0.25, -0.2) is 0 Å². The van der Waals surface area contributed by atoms with Crippen LogP contribution >= 0.6 is 24.0 Å². The third kappa shape index (κ3) is 2.22. The van der Waals surface area contributed by atoms with Crippen LogP contribution in [0, 0.1) is 0 Å². The summed E-state index contributed by atoms with van der Waals surface area (Å²) in [5, 5.41) is 2.11. The average molecular weight is 187 g/mol. The van der Waals surface area contributed by atoms with Crippen molar-refractivity contribution in [2.24, 2.45) is 0 Å². The Kier molecular flexibility index (Phi) is 3.43. The molecule has 1 heterocycles. The van der Waals surface area contributed by atoms with Crippen molar-refractivity contribution in [2.75, 3.05) is 19.8 Å². The maximum absolute atomic E-state index is 4.31. The van der Waals surface area contributed by atoms with E-state index in [-0.39, 0.29) is 0 Å². The first-order valence-electron chi connectivity index (χ1n) is 3.56. The Balaban J connectivity index is 2.71. The molecule has 0 bridgehead atoms. The lowest BCUT2D eigenvalue weighted by Crippen LogP contribution is -2.20. The van der Waals surface area contributed by atoms with Crippen molar-refractivity contribution >= 4 is 24.0 Å². The zero-order valence-corrected chi connectivity index (χ0v) is 8.53. The minimum absolute atomic E-state index is 0.471. The van der Waals surface area contributed by atoms with Crippen molar-refractivity contribution in [1.82, 2.24) is 4.90 Å². The van der Waals surface area contributed by atoms with Gasteiger partial charge in [0.15, 0.2) is 0 Å².